The number of hydrogen-bond donors (Lipinski definition) is 1. The predicted molar refractivity (Wildman–Crippen MR) is 94.5 cm³/mol. The third-order valence-electron chi connectivity index (χ3n) is 3.20. The molecule has 1 N–H and O–H groups in total. The molecule has 2 aromatic rings. The molecule has 23 heavy (non-hydrogen) atoms. The van der Waals surface area contributed by atoms with Crippen molar-refractivity contribution in [3.05, 3.63) is 53.2 Å². The molecular formula is C16H12N2O3S2. The van der Waals surface area contributed by atoms with Crippen LogP contribution < -0.4 is 9.64 Å². The zero-order valence-corrected chi connectivity index (χ0v) is 13.7. The molecule has 1 aliphatic rings. The lowest BCUT2D eigenvalue weighted by Gasteiger charge is -2.13. The lowest BCUT2D eigenvalue weighted by atomic mass is 10.2. The van der Waals surface area contributed by atoms with Crippen molar-refractivity contribution in [2.45, 2.75) is 0 Å². The van der Waals surface area contributed by atoms with Gasteiger partial charge in [0.1, 0.15) is 0 Å². The van der Waals surface area contributed by atoms with E-state index >= 15 is 0 Å². The normalized spacial score (nSPS) is 16.2. The van der Waals surface area contributed by atoms with Crippen LogP contribution in [0.15, 0.2) is 47.6 Å². The van der Waals surface area contributed by atoms with E-state index in [1.165, 1.54) is 29.8 Å². The Kier molecular flexibility index (Phi) is 4.31. The number of hydrogen-bond acceptors (Lipinski definition) is 6. The number of pyridine rings is 1. The minimum Gasteiger partial charge on any atom is -0.504 e. The molecule has 1 fully saturated rings. The smallest absolute Gasteiger partial charge is 0.270 e. The molecule has 1 amide bonds. The molecule has 0 saturated carbocycles. The van der Waals surface area contributed by atoms with Gasteiger partial charge in [-0.15, -0.1) is 0 Å². The first-order chi connectivity index (χ1) is 11.1. The molecule has 0 aliphatic carbocycles. The van der Waals surface area contributed by atoms with Gasteiger partial charge in [-0.2, -0.15) is 0 Å². The number of phenols is 1. The molecule has 0 atom stereocenters. The number of carbonyl (C=O) groups is 1. The van der Waals surface area contributed by atoms with Gasteiger partial charge in [0.25, 0.3) is 5.91 Å². The van der Waals surface area contributed by atoms with E-state index in [2.05, 4.69) is 4.98 Å². The zero-order chi connectivity index (χ0) is 16.4. The minimum absolute atomic E-state index is 0.0487. The maximum absolute atomic E-state index is 12.6. The number of phenolic OH excluding ortho intramolecular Hbond substituents is 1. The molecule has 1 aromatic heterocycles. The summed E-state index contributed by atoms with van der Waals surface area (Å²) in [7, 11) is 1.47. The Balaban J connectivity index is 1.93. The molecule has 7 heteroatoms. The lowest BCUT2D eigenvalue weighted by molar-refractivity contribution is -0.113. The average Bonchev–Trinajstić information content (AvgIpc) is 2.84. The second-order valence-corrected chi connectivity index (χ2v) is 6.34. The Morgan fingerprint density at radius 3 is 2.91 bits per heavy atom. The van der Waals surface area contributed by atoms with Crippen molar-refractivity contribution in [1.82, 2.24) is 4.98 Å². The number of methoxy groups -OCH3 is 1. The predicted octanol–water partition coefficient (Wildman–Crippen LogP) is 3.20. The van der Waals surface area contributed by atoms with Crippen LogP contribution in [-0.2, 0) is 4.79 Å². The standard InChI is InChI=1S/C16H12N2O3S2/c1-21-13-7-10(4-5-12(13)19)8-14-15(20)18(16(22)23-14)11-3-2-6-17-9-11/h2-9,19H,1H3/b14-8+. The van der Waals surface area contributed by atoms with Crippen molar-refractivity contribution in [3.8, 4) is 11.5 Å². The number of aromatic hydroxyl groups is 1. The van der Waals surface area contributed by atoms with E-state index in [1.807, 2.05) is 0 Å². The molecule has 1 aromatic carbocycles. The Morgan fingerprint density at radius 2 is 2.22 bits per heavy atom. The summed E-state index contributed by atoms with van der Waals surface area (Å²) >= 11 is 6.52. The first-order valence-electron chi connectivity index (χ1n) is 6.65. The maximum Gasteiger partial charge on any atom is 0.270 e. The van der Waals surface area contributed by atoms with Crippen LogP contribution in [0.2, 0.25) is 0 Å². The molecule has 0 unspecified atom stereocenters. The van der Waals surface area contributed by atoms with Gasteiger partial charge in [0.15, 0.2) is 15.8 Å². The molecule has 0 bridgehead atoms. The molecule has 0 radical (unpaired) electrons. The molecule has 3 rings (SSSR count). The zero-order valence-electron chi connectivity index (χ0n) is 12.1. The number of amides is 1. The molecule has 1 aliphatic heterocycles. The topological polar surface area (TPSA) is 62.7 Å². The van der Waals surface area contributed by atoms with E-state index in [-0.39, 0.29) is 11.7 Å². The summed E-state index contributed by atoms with van der Waals surface area (Å²) in [4.78, 5) is 18.6. The number of anilines is 1. The van der Waals surface area contributed by atoms with E-state index in [1.54, 1.807) is 42.7 Å². The Labute approximate surface area is 142 Å². The Morgan fingerprint density at radius 1 is 1.39 bits per heavy atom. The molecule has 1 saturated heterocycles. The highest BCUT2D eigenvalue weighted by Crippen LogP contribution is 2.36. The van der Waals surface area contributed by atoms with Crippen LogP contribution in [0.4, 0.5) is 5.69 Å². The number of thioether (sulfide) groups is 1. The summed E-state index contributed by atoms with van der Waals surface area (Å²) in [5.41, 5.74) is 1.38. The highest BCUT2D eigenvalue weighted by Gasteiger charge is 2.33. The SMILES string of the molecule is COc1cc(/C=C2/SC(=S)N(c3cccnc3)C2=O)ccc1O. The van der Waals surface area contributed by atoms with Gasteiger partial charge >= 0.3 is 0 Å². The van der Waals surface area contributed by atoms with Crippen molar-refractivity contribution in [3.63, 3.8) is 0 Å². The van der Waals surface area contributed by atoms with Crippen LogP contribution >= 0.6 is 24.0 Å². The average molecular weight is 344 g/mol. The van der Waals surface area contributed by atoms with Gasteiger partial charge in [-0.3, -0.25) is 14.7 Å². The van der Waals surface area contributed by atoms with Crippen LogP contribution in [-0.4, -0.2) is 27.4 Å². The van der Waals surface area contributed by atoms with Gasteiger partial charge in [0.2, 0.25) is 0 Å². The first kappa shape index (κ1) is 15.5. The number of thiocarbonyl (C=S) groups is 1. The molecule has 5 nitrogen and oxygen atoms in total. The van der Waals surface area contributed by atoms with Crippen LogP contribution in [0.1, 0.15) is 5.56 Å². The summed E-state index contributed by atoms with van der Waals surface area (Å²) < 4.78 is 5.53. The third kappa shape index (κ3) is 3.06. The second kappa shape index (κ2) is 6.39. The van der Waals surface area contributed by atoms with Crippen molar-refractivity contribution in [2.75, 3.05) is 12.0 Å². The number of carbonyl (C=O) groups excluding carboxylic acids is 1. The number of aromatic nitrogens is 1. The minimum atomic E-state index is -0.194. The van der Waals surface area contributed by atoms with Crippen molar-refractivity contribution >= 4 is 46.0 Å². The second-order valence-electron chi connectivity index (χ2n) is 4.66. The monoisotopic (exact) mass is 344 g/mol. The quantitative estimate of drug-likeness (QED) is 0.681. The van der Waals surface area contributed by atoms with Gasteiger partial charge < -0.3 is 9.84 Å². The van der Waals surface area contributed by atoms with Crippen LogP contribution in [0.5, 0.6) is 11.5 Å². The highest BCUT2D eigenvalue weighted by atomic mass is 32.2. The Bertz CT molecular complexity index is 806. The number of nitrogens with zero attached hydrogens (tertiary/aromatic N) is 2. The van der Waals surface area contributed by atoms with Crippen LogP contribution in [0.3, 0.4) is 0 Å². The van der Waals surface area contributed by atoms with Crippen LogP contribution in [0, 0.1) is 0 Å². The molecule has 116 valence electrons. The van der Waals surface area contributed by atoms with Crippen molar-refractivity contribution < 1.29 is 14.6 Å². The first-order valence-corrected chi connectivity index (χ1v) is 7.87. The van der Waals surface area contributed by atoms with E-state index < -0.39 is 0 Å². The van der Waals surface area contributed by atoms with E-state index in [0.717, 1.165) is 5.56 Å². The molecule has 0 spiro atoms. The summed E-state index contributed by atoms with van der Waals surface area (Å²) in [6.07, 6.45) is 4.95. The summed E-state index contributed by atoms with van der Waals surface area (Å²) in [6.45, 7) is 0. The Hall–Kier alpha value is -2.38. The largest absolute Gasteiger partial charge is 0.504 e. The molecular weight excluding hydrogens is 332 g/mol. The van der Waals surface area contributed by atoms with Gasteiger partial charge in [-0.1, -0.05) is 30.0 Å². The van der Waals surface area contributed by atoms with Gasteiger partial charge in [-0.05, 0) is 35.9 Å². The fourth-order valence-electron chi connectivity index (χ4n) is 2.11. The lowest BCUT2D eigenvalue weighted by Crippen LogP contribution is -2.27. The third-order valence-corrected chi connectivity index (χ3v) is 4.50. The summed E-state index contributed by atoms with van der Waals surface area (Å²) in [6, 6.07) is 8.42. The number of ether oxygens (including phenoxy) is 1. The van der Waals surface area contributed by atoms with E-state index in [0.29, 0.717) is 20.7 Å². The van der Waals surface area contributed by atoms with Crippen molar-refractivity contribution in [2.24, 2.45) is 0 Å². The fourth-order valence-corrected chi connectivity index (χ4v) is 3.41. The highest BCUT2D eigenvalue weighted by molar-refractivity contribution is 8.27. The van der Waals surface area contributed by atoms with Crippen LogP contribution in [0.25, 0.3) is 6.08 Å². The van der Waals surface area contributed by atoms with Gasteiger partial charge in [0.05, 0.1) is 23.9 Å². The number of benzene rings is 1. The van der Waals surface area contributed by atoms with Gasteiger partial charge in [-0.25, -0.2) is 0 Å². The van der Waals surface area contributed by atoms with Crippen molar-refractivity contribution in [1.29, 1.82) is 0 Å². The van der Waals surface area contributed by atoms with E-state index in [9.17, 15) is 9.90 Å². The number of rotatable bonds is 3. The molecule has 2 heterocycles. The fraction of sp³-hybridized carbons (Fsp3) is 0.0625. The summed E-state index contributed by atoms with van der Waals surface area (Å²) in [5, 5.41) is 9.63. The van der Waals surface area contributed by atoms with E-state index in [4.69, 9.17) is 17.0 Å². The van der Waals surface area contributed by atoms with Gasteiger partial charge in [0, 0.05) is 6.20 Å². The maximum atomic E-state index is 12.6. The summed E-state index contributed by atoms with van der Waals surface area (Å²) in [5.74, 6) is 0.203.